The zero-order valence-corrected chi connectivity index (χ0v) is 17.1. The Hall–Kier alpha value is -2.00. The molecule has 1 aromatic rings. The van der Waals surface area contributed by atoms with Crippen LogP contribution in [0.2, 0.25) is 0 Å². The third-order valence-electron chi connectivity index (χ3n) is 3.75. The average molecular weight is 444 g/mol. The summed E-state index contributed by atoms with van der Waals surface area (Å²) in [6.45, 7) is 8.71. The first-order valence-corrected chi connectivity index (χ1v) is 9.20. The minimum Gasteiger partial charge on any atom is -0.446 e. The quantitative estimate of drug-likeness (QED) is 0.555. The van der Waals surface area contributed by atoms with E-state index in [-0.39, 0.29) is 25.4 Å². The Bertz CT molecular complexity index is 723. The molecule has 7 nitrogen and oxygen atoms in total. The van der Waals surface area contributed by atoms with E-state index >= 15 is 0 Å². The van der Waals surface area contributed by atoms with Gasteiger partial charge in [-0.05, 0) is 48.8 Å². The van der Waals surface area contributed by atoms with Crippen LogP contribution in [0.4, 0.5) is 9.18 Å². The number of halogens is 2. The summed E-state index contributed by atoms with van der Waals surface area (Å²) in [5.74, 6) is -0.608. The minimum absolute atomic E-state index is 0.0727. The molecule has 1 aliphatic rings. The molecule has 27 heavy (non-hydrogen) atoms. The monoisotopic (exact) mass is 443 g/mol. The maximum absolute atomic E-state index is 14.2. The first kappa shape index (κ1) is 21.3. The second-order valence-corrected chi connectivity index (χ2v) is 7.99. The molecule has 1 N–H and O–H groups in total. The number of ether oxygens (including phenoxy) is 2. The summed E-state index contributed by atoms with van der Waals surface area (Å²) in [4.78, 5) is 29.6. The van der Waals surface area contributed by atoms with E-state index in [9.17, 15) is 14.0 Å². The number of amides is 1. The van der Waals surface area contributed by atoms with Gasteiger partial charge in [-0.2, -0.15) is 0 Å². The predicted octanol–water partition coefficient (Wildman–Crippen LogP) is 3.15. The van der Waals surface area contributed by atoms with Crippen LogP contribution in [0.3, 0.4) is 0 Å². The number of likely N-dealkylation sites (tertiary alicyclic amines) is 1. The highest BCUT2D eigenvalue weighted by Gasteiger charge is 2.37. The molecule has 1 fully saturated rings. The number of esters is 1. The molecule has 0 spiro atoms. The van der Waals surface area contributed by atoms with E-state index in [1.807, 2.05) is 0 Å². The van der Waals surface area contributed by atoms with Gasteiger partial charge in [0.25, 0.3) is 0 Å². The van der Waals surface area contributed by atoms with Gasteiger partial charge in [0.05, 0.1) is 23.8 Å². The van der Waals surface area contributed by atoms with E-state index in [0.717, 1.165) is 0 Å². The van der Waals surface area contributed by atoms with Crippen LogP contribution >= 0.6 is 15.9 Å². The van der Waals surface area contributed by atoms with Gasteiger partial charge in [0.2, 0.25) is 0 Å². The van der Waals surface area contributed by atoms with E-state index in [1.54, 1.807) is 33.0 Å². The zero-order chi connectivity index (χ0) is 20.2. The second kappa shape index (κ2) is 8.79. The summed E-state index contributed by atoms with van der Waals surface area (Å²) in [5, 5.41) is 2.81. The summed E-state index contributed by atoms with van der Waals surface area (Å²) in [6.07, 6.45) is 1.14. The second-order valence-electron chi connectivity index (χ2n) is 7.08. The van der Waals surface area contributed by atoms with Crippen molar-refractivity contribution >= 4 is 34.1 Å². The van der Waals surface area contributed by atoms with Crippen molar-refractivity contribution in [1.29, 1.82) is 0 Å². The van der Waals surface area contributed by atoms with Crippen LogP contribution in [0, 0.1) is 0 Å². The van der Waals surface area contributed by atoms with Crippen molar-refractivity contribution in [2.24, 2.45) is 0 Å². The van der Waals surface area contributed by atoms with Gasteiger partial charge in [0, 0.05) is 17.2 Å². The lowest BCUT2D eigenvalue weighted by atomic mass is 10.2. The van der Waals surface area contributed by atoms with Crippen LogP contribution in [0.25, 0.3) is 6.08 Å². The van der Waals surface area contributed by atoms with E-state index in [4.69, 9.17) is 9.47 Å². The number of rotatable bonds is 5. The summed E-state index contributed by atoms with van der Waals surface area (Å²) < 4.78 is 25.2. The van der Waals surface area contributed by atoms with Crippen molar-refractivity contribution in [3.05, 3.63) is 34.6 Å². The summed E-state index contributed by atoms with van der Waals surface area (Å²) >= 11 is 3.25. The standard InChI is InChI=1S/C18H23BrFN3O4/c1-5-14-12(6-11(19)7-21-14)16(24)26-10-22-15-9-23(8-13(15)20)17(25)27-18(2,3)4/h5-7,13,15,22H,1,8-10H2,2-4H3. The Kier molecular flexibility index (Phi) is 6.94. The fraction of sp³-hybridized carbons (Fsp3) is 0.500. The highest BCUT2D eigenvalue weighted by molar-refractivity contribution is 9.10. The number of nitrogens with one attached hydrogen (secondary N) is 1. The molecule has 148 valence electrons. The SMILES string of the molecule is C=Cc1ncc(Br)cc1C(=O)OCNC1CN(C(=O)OC(C)(C)C)CC1F. The molecule has 1 saturated heterocycles. The Morgan fingerprint density at radius 2 is 2.19 bits per heavy atom. The van der Waals surface area contributed by atoms with Gasteiger partial charge in [-0.15, -0.1) is 0 Å². The van der Waals surface area contributed by atoms with Gasteiger partial charge in [-0.3, -0.25) is 10.3 Å². The van der Waals surface area contributed by atoms with Crippen molar-refractivity contribution in [3.63, 3.8) is 0 Å². The Morgan fingerprint density at radius 3 is 2.81 bits per heavy atom. The maximum Gasteiger partial charge on any atom is 0.410 e. The number of carbonyl (C=O) groups is 2. The smallest absolute Gasteiger partial charge is 0.410 e. The molecule has 1 amide bonds. The van der Waals surface area contributed by atoms with E-state index in [0.29, 0.717) is 10.2 Å². The van der Waals surface area contributed by atoms with Crippen molar-refractivity contribution in [2.75, 3.05) is 19.8 Å². The molecule has 0 saturated carbocycles. The number of pyridine rings is 1. The fourth-order valence-corrected chi connectivity index (χ4v) is 2.83. The number of aromatic nitrogens is 1. The zero-order valence-electron chi connectivity index (χ0n) is 15.5. The average Bonchev–Trinajstić information content (AvgIpc) is 2.94. The lowest BCUT2D eigenvalue weighted by Gasteiger charge is -2.24. The van der Waals surface area contributed by atoms with Crippen LogP contribution in [-0.4, -0.2) is 59.6 Å². The molecule has 0 aromatic carbocycles. The molecule has 1 aliphatic heterocycles. The Morgan fingerprint density at radius 1 is 1.48 bits per heavy atom. The molecular formula is C18H23BrFN3O4. The molecule has 2 heterocycles. The molecule has 1 aromatic heterocycles. The van der Waals surface area contributed by atoms with Gasteiger partial charge in [-0.25, -0.2) is 14.0 Å². The maximum atomic E-state index is 14.2. The van der Waals surface area contributed by atoms with Crippen LogP contribution in [0.1, 0.15) is 36.8 Å². The topological polar surface area (TPSA) is 80.8 Å². The molecular weight excluding hydrogens is 421 g/mol. The van der Waals surface area contributed by atoms with Gasteiger partial charge in [0.1, 0.15) is 18.5 Å². The lowest BCUT2D eigenvalue weighted by molar-refractivity contribution is 0.0277. The van der Waals surface area contributed by atoms with E-state index in [1.165, 1.54) is 11.0 Å². The largest absolute Gasteiger partial charge is 0.446 e. The normalized spacial score (nSPS) is 19.7. The molecule has 2 rings (SSSR count). The van der Waals surface area contributed by atoms with Crippen molar-refractivity contribution in [1.82, 2.24) is 15.2 Å². The summed E-state index contributed by atoms with van der Waals surface area (Å²) in [6, 6.07) is 0.925. The molecule has 0 aliphatic carbocycles. The highest BCUT2D eigenvalue weighted by Crippen LogP contribution is 2.18. The van der Waals surface area contributed by atoms with Gasteiger partial charge >= 0.3 is 12.1 Å². The third kappa shape index (κ3) is 6.00. The van der Waals surface area contributed by atoms with Crippen LogP contribution in [0.15, 0.2) is 23.3 Å². The number of alkyl halides is 1. The highest BCUT2D eigenvalue weighted by atomic mass is 79.9. The Labute approximate surface area is 166 Å². The molecule has 9 heteroatoms. The lowest BCUT2D eigenvalue weighted by Crippen LogP contribution is -2.40. The Balaban J connectivity index is 1.87. The predicted molar refractivity (Wildman–Crippen MR) is 102 cm³/mol. The van der Waals surface area contributed by atoms with E-state index < -0.39 is 29.9 Å². The molecule has 2 atom stereocenters. The van der Waals surface area contributed by atoms with Crippen molar-refractivity contribution < 1.29 is 23.5 Å². The number of carbonyl (C=O) groups excluding carboxylic acids is 2. The van der Waals surface area contributed by atoms with Crippen LogP contribution < -0.4 is 5.32 Å². The van der Waals surface area contributed by atoms with Gasteiger partial charge in [-0.1, -0.05) is 6.58 Å². The van der Waals surface area contributed by atoms with Gasteiger partial charge < -0.3 is 14.4 Å². The first-order chi connectivity index (χ1) is 12.6. The number of nitrogens with zero attached hydrogens (tertiary/aromatic N) is 2. The summed E-state index contributed by atoms with van der Waals surface area (Å²) in [5.41, 5.74) is -0.00607. The van der Waals surface area contributed by atoms with Crippen LogP contribution in [0.5, 0.6) is 0 Å². The van der Waals surface area contributed by atoms with Crippen molar-refractivity contribution in [3.8, 4) is 0 Å². The summed E-state index contributed by atoms with van der Waals surface area (Å²) in [7, 11) is 0. The number of hydrogen-bond acceptors (Lipinski definition) is 6. The molecule has 2 unspecified atom stereocenters. The van der Waals surface area contributed by atoms with E-state index in [2.05, 4.69) is 32.8 Å². The molecule has 0 radical (unpaired) electrons. The van der Waals surface area contributed by atoms with Crippen LogP contribution in [-0.2, 0) is 9.47 Å². The number of hydrogen-bond donors (Lipinski definition) is 1. The first-order valence-electron chi connectivity index (χ1n) is 8.41. The fourth-order valence-electron chi connectivity index (χ4n) is 2.50. The minimum atomic E-state index is -1.28. The molecule has 0 bridgehead atoms. The van der Waals surface area contributed by atoms with Crippen molar-refractivity contribution in [2.45, 2.75) is 38.6 Å². The van der Waals surface area contributed by atoms with Gasteiger partial charge in [0.15, 0.2) is 0 Å². The third-order valence-corrected chi connectivity index (χ3v) is 4.18.